The largest absolute Gasteiger partial charge is 0.365 e. The maximum Gasteiger partial charge on any atom is 0.144 e. The number of nitrogens with zero attached hydrogens (tertiary/aromatic N) is 3. The molecule has 0 aliphatic carbocycles. The number of anilines is 1. The van der Waals surface area contributed by atoms with E-state index in [2.05, 4.69) is 21.4 Å². The van der Waals surface area contributed by atoms with Crippen molar-refractivity contribution in [1.82, 2.24) is 9.97 Å². The van der Waals surface area contributed by atoms with Crippen LogP contribution in [0.15, 0.2) is 67.0 Å². The predicted octanol–water partition coefficient (Wildman–Crippen LogP) is 3.63. The third-order valence-corrected chi connectivity index (χ3v) is 3.29. The quantitative estimate of drug-likeness (QED) is 0.795. The number of aromatic nitrogens is 2. The van der Waals surface area contributed by atoms with Crippen LogP contribution >= 0.6 is 0 Å². The third kappa shape index (κ3) is 3.10. The van der Waals surface area contributed by atoms with E-state index in [1.807, 2.05) is 48.5 Å². The summed E-state index contributed by atoms with van der Waals surface area (Å²) in [5.74, 6) is 0.598. The van der Waals surface area contributed by atoms with Crippen molar-refractivity contribution < 1.29 is 0 Å². The molecule has 2 heterocycles. The van der Waals surface area contributed by atoms with Gasteiger partial charge in [-0.25, -0.2) is 4.98 Å². The molecule has 1 aromatic carbocycles. The van der Waals surface area contributed by atoms with Gasteiger partial charge >= 0.3 is 0 Å². The summed E-state index contributed by atoms with van der Waals surface area (Å²) in [6.45, 7) is 0.600. The molecule has 3 rings (SSSR count). The Morgan fingerprint density at radius 2 is 1.73 bits per heavy atom. The van der Waals surface area contributed by atoms with E-state index in [-0.39, 0.29) is 0 Å². The van der Waals surface area contributed by atoms with E-state index in [0.717, 1.165) is 16.8 Å². The molecule has 4 heteroatoms. The zero-order valence-electron chi connectivity index (χ0n) is 11.9. The summed E-state index contributed by atoms with van der Waals surface area (Å²) in [4.78, 5) is 8.57. The normalized spacial score (nSPS) is 9.95. The van der Waals surface area contributed by atoms with Crippen molar-refractivity contribution in [3.05, 3.63) is 78.1 Å². The van der Waals surface area contributed by atoms with E-state index < -0.39 is 0 Å². The molecule has 0 saturated heterocycles. The van der Waals surface area contributed by atoms with Gasteiger partial charge < -0.3 is 5.32 Å². The Labute approximate surface area is 129 Å². The van der Waals surface area contributed by atoms with Crippen LogP contribution in [-0.2, 0) is 6.54 Å². The van der Waals surface area contributed by atoms with Crippen molar-refractivity contribution in [2.75, 3.05) is 5.32 Å². The van der Waals surface area contributed by atoms with Gasteiger partial charge in [-0.3, -0.25) is 4.98 Å². The van der Waals surface area contributed by atoms with Gasteiger partial charge in [0.15, 0.2) is 0 Å². The zero-order valence-corrected chi connectivity index (χ0v) is 11.9. The molecule has 0 bridgehead atoms. The van der Waals surface area contributed by atoms with Crippen LogP contribution in [0.25, 0.3) is 11.3 Å². The molecular weight excluding hydrogens is 272 g/mol. The lowest BCUT2D eigenvalue weighted by Crippen LogP contribution is -2.04. The van der Waals surface area contributed by atoms with Crippen molar-refractivity contribution in [2.24, 2.45) is 0 Å². The highest BCUT2D eigenvalue weighted by Gasteiger charge is 2.07. The highest BCUT2D eigenvalue weighted by Crippen LogP contribution is 2.21. The standard InChI is InChI=1S/C18H14N4/c19-12-16-6-7-17(15-4-2-1-3-5-15)22-18(16)21-13-14-8-10-20-11-9-14/h1-11H,13H2,(H,21,22). The van der Waals surface area contributed by atoms with E-state index in [1.165, 1.54) is 0 Å². The van der Waals surface area contributed by atoms with E-state index >= 15 is 0 Å². The van der Waals surface area contributed by atoms with Crippen molar-refractivity contribution >= 4 is 5.82 Å². The summed E-state index contributed by atoms with van der Waals surface area (Å²) in [5, 5.41) is 12.5. The molecule has 2 aromatic heterocycles. The highest BCUT2D eigenvalue weighted by molar-refractivity contribution is 5.64. The van der Waals surface area contributed by atoms with Gasteiger partial charge in [-0.2, -0.15) is 5.26 Å². The molecule has 0 spiro atoms. The van der Waals surface area contributed by atoms with E-state index in [4.69, 9.17) is 0 Å². The first-order valence-electron chi connectivity index (χ1n) is 6.96. The van der Waals surface area contributed by atoms with Gasteiger partial charge in [0.25, 0.3) is 0 Å². The number of nitriles is 1. The van der Waals surface area contributed by atoms with Crippen molar-refractivity contribution in [1.29, 1.82) is 5.26 Å². The lowest BCUT2D eigenvalue weighted by atomic mass is 10.1. The van der Waals surface area contributed by atoms with E-state index in [1.54, 1.807) is 18.5 Å². The van der Waals surface area contributed by atoms with Crippen LogP contribution in [-0.4, -0.2) is 9.97 Å². The molecule has 0 aliphatic rings. The Balaban J connectivity index is 1.87. The fraction of sp³-hybridized carbons (Fsp3) is 0.0556. The number of benzene rings is 1. The van der Waals surface area contributed by atoms with Crippen LogP contribution in [0.2, 0.25) is 0 Å². The summed E-state index contributed by atoms with van der Waals surface area (Å²) in [6.07, 6.45) is 3.49. The number of rotatable bonds is 4. The molecule has 22 heavy (non-hydrogen) atoms. The summed E-state index contributed by atoms with van der Waals surface area (Å²) in [7, 11) is 0. The summed E-state index contributed by atoms with van der Waals surface area (Å²) >= 11 is 0. The topological polar surface area (TPSA) is 61.6 Å². The van der Waals surface area contributed by atoms with Gasteiger partial charge in [0.1, 0.15) is 11.9 Å². The molecule has 1 N–H and O–H groups in total. The van der Waals surface area contributed by atoms with Gasteiger partial charge in [0.2, 0.25) is 0 Å². The maximum absolute atomic E-state index is 9.24. The lowest BCUT2D eigenvalue weighted by Gasteiger charge is -2.09. The molecule has 0 radical (unpaired) electrons. The summed E-state index contributed by atoms with van der Waals surface area (Å²) in [5.41, 5.74) is 3.50. The van der Waals surface area contributed by atoms with Crippen molar-refractivity contribution in [3.63, 3.8) is 0 Å². The fourth-order valence-electron chi connectivity index (χ4n) is 2.14. The van der Waals surface area contributed by atoms with Gasteiger partial charge in [0, 0.05) is 24.5 Å². The van der Waals surface area contributed by atoms with Crippen LogP contribution in [0.3, 0.4) is 0 Å². The monoisotopic (exact) mass is 286 g/mol. The first kappa shape index (κ1) is 13.8. The van der Waals surface area contributed by atoms with E-state index in [9.17, 15) is 5.26 Å². The molecule has 0 aliphatic heterocycles. The Kier molecular flexibility index (Phi) is 4.08. The van der Waals surface area contributed by atoms with Crippen LogP contribution in [0.5, 0.6) is 0 Å². The molecule has 0 atom stereocenters. The van der Waals surface area contributed by atoms with E-state index in [0.29, 0.717) is 17.9 Å². The highest BCUT2D eigenvalue weighted by atomic mass is 15.0. The average Bonchev–Trinajstić information content (AvgIpc) is 2.61. The first-order chi connectivity index (χ1) is 10.9. The molecule has 4 nitrogen and oxygen atoms in total. The Morgan fingerprint density at radius 1 is 0.955 bits per heavy atom. The predicted molar refractivity (Wildman–Crippen MR) is 86.0 cm³/mol. The maximum atomic E-state index is 9.24. The number of hydrogen-bond donors (Lipinski definition) is 1. The first-order valence-corrected chi connectivity index (χ1v) is 6.96. The Morgan fingerprint density at radius 3 is 2.45 bits per heavy atom. The molecule has 106 valence electrons. The van der Waals surface area contributed by atoms with Gasteiger partial charge in [0.05, 0.1) is 11.3 Å². The van der Waals surface area contributed by atoms with Crippen LogP contribution in [0.1, 0.15) is 11.1 Å². The van der Waals surface area contributed by atoms with Crippen LogP contribution < -0.4 is 5.32 Å². The second-order valence-corrected chi connectivity index (χ2v) is 4.78. The summed E-state index contributed by atoms with van der Waals surface area (Å²) in [6, 6.07) is 19.6. The molecule has 3 aromatic rings. The van der Waals surface area contributed by atoms with Crippen molar-refractivity contribution in [2.45, 2.75) is 6.54 Å². The minimum Gasteiger partial charge on any atom is -0.365 e. The van der Waals surface area contributed by atoms with Gasteiger partial charge in [-0.1, -0.05) is 30.3 Å². The number of pyridine rings is 2. The average molecular weight is 286 g/mol. The SMILES string of the molecule is N#Cc1ccc(-c2ccccc2)nc1NCc1ccncc1. The Bertz CT molecular complexity index is 792. The lowest BCUT2D eigenvalue weighted by molar-refractivity contribution is 1.09. The van der Waals surface area contributed by atoms with Crippen molar-refractivity contribution in [3.8, 4) is 17.3 Å². The van der Waals surface area contributed by atoms with Gasteiger partial charge in [-0.05, 0) is 29.8 Å². The second-order valence-electron chi connectivity index (χ2n) is 4.78. The minimum atomic E-state index is 0.536. The third-order valence-electron chi connectivity index (χ3n) is 3.29. The smallest absolute Gasteiger partial charge is 0.144 e. The number of nitrogens with one attached hydrogen (secondary N) is 1. The van der Waals surface area contributed by atoms with Crippen LogP contribution in [0, 0.1) is 11.3 Å². The molecule has 0 amide bonds. The molecule has 0 unspecified atom stereocenters. The Hall–Kier alpha value is -3.19. The second kappa shape index (κ2) is 6.51. The number of hydrogen-bond acceptors (Lipinski definition) is 4. The van der Waals surface area contributed by atoms with Gasteiger partial charge in [-0.15, -0.1) is 0 Å². The molecule has 0 fully saturated rings. The van der Waals surface area contributed by atoms with Crippen LogP contribution in [0.4, 0.5) is 5.82 Å². The molecule has 0 saturated carbocycles. The zero-order chi connectivity index (χ0) is 15.2. The molecular formula is C18H14N4. The fourth-order valence-corrected chi connectivity index (χ4v) is 2.14. The summed E-state index contributed by atoms with van der Waals surface area (Å²) < 4.78 is 0. The minimum absolute atomic E-state index is 0.536.